The van der Waals surface area contributed by atoms with Crippen molar-refractivity contribution < 1.29 is 18.0 Å². The van der Waals surface area contributed by atoms with Gasteiger partial charge in [0.2, 0.25) is 5.95 Å². The van der Waals surface area contributed by atoms with Gasteiger partial charge in [-0.2, -0.15) is 18.3 Å². The Balaban J connectivity index is 1.53. The maximum atomic E-state index is 13.1. The van der Waals surface area contributed by atoms with Crippen LogP contribution in [0.4, 0.5) is 23.9 Å². The summed E-state index contributed by atoms with van der Waals surface area (Å²) >= 11 is 5.94. The molecule has 30 heavy (non-hydrogen) atoms. The molecule has 0 saturated heterocycles. The van der Waals surface area contributed by atoms with Crippen molar-refractivity contribution in [3.05, 3.63) is 71.0 Å². The number of halogens is 4. The molecule has 4 rings (SSSR count). The first-order valence-corrected chi connectivity index (χ1v) is 9.09. The summed E-state index contributed by atoms with van der Waals surface area (Å²) in [7, 11) is 0. The number of benzene rings is 2. The minimum absolute atomic E-state index is 0.129. The summed E-state index contributed by atoms with van der Waals surface area (Å²) in [5, 5.41) is 9.00. The van der Waals surface area contributed by atoms with Gasteiger partial charge in [0.25, 0.3) is 0 Å². The number of nitrogens with one attached hydrogen (secondary N) is 3. The number of carbonyl (C=O) groups is 1. The van der Waals surface area contributed by atoms with Gasteiger partial charge in [0.1, 0.15) is 0 Å². The predicted molar refractivity (Wildman–Crippen MR) is 106 cm³/mol. The average molecular weight is 435 g/mol. The van der Waals surface area contributed by atoms with Crippen LogP contribution in [0.25, 0.3) is 16.7 Å². The number of urea groups is 1. The van der Waals surface area contributed by atoms with Gasteiger partial charge in [0, 0.05) is 5.02 Å². The molecule has 3 N–H and O–H groups in total. The van der Waals surface area contributed by atoms with Gasteiger partial charge in [0.15, 0.2) is 5.69 Å². The molecule has 0 bridgehead atoms. The third-order valence-electron chi connectivity index (χ3n) is 4.18. The second-order valence-electron chi connectivity index (χ2n) is 6.32. The van der Waals surface area contributed by atoms with Crippen molar-refractivity contribution in [1.82, 2.24) is 25.1 Å². The summed E-state index contributed by atoms with van der Waals surface area (Å²) in [4.78, 5) is 19.4. The van der Waals surface area contributed by atoms with Crippen LogP contribution >= 0.6 is 11.6 Å². The number of aromatic amines is 1. The van der Waals surface area contributed by atoms with Crippen molar-refractivity contribution >= 4 is 34.6 Å². The number of para-hydroxylation sites is 2. The summed E-state index contributed by atoms with van der Waals surface area (Å²) in [6.07, 6.45) is -4.63. The van der Waals surface area contributed by atoms with E-state index in [1.807, 2.05) is 12.1 Å². The van der Waals surface area contributed by atoms with E-state index in [1.165, 1.54) is 6.07 Å². The van der Waals surface area contributed by atoms with E-state index in [2.05, 4.69) is 25.7 Å². The lowest BCUT2D eigenvalue weighted by Gasteiger charge is -2.09. The molecule has 0 saturated carbocycles. The standard InChI is InChI=1S/C19H14ClF3N6O/c20-11-4-3-5-12(8-11)29-13(9-16(28-29)19(21,22)23)10-24-18(30)27-17-25-14-6-1-2-7-15(14)26-17/h1-9H,10H2,(H3,24,25,26,27,30). The second kappa shape index (κ2) is 7.71. The summed E-state index contributed by atoms with van der Waals surface area (Å²) in [6, 6.07) is 13.7. The number of H-pyrrole nitrogens is 1. The van der Waals surface area contributed by atoms with Gasteiger partial charge < -0.3 is 10.3 Å². The number of rotatable bonds is 4. The number of anilines is 1. The van der Waals surface area contributed by atoms with Crippen LogP contribution in [0.3, 0.4) is 0 Å². The lowest BCUT2D eigenvalue weighted by atomic mass is 10.3. The number of imidazole rings is 1. The predicted octanol–water partition coefficient (Wildman–Crippen LogP) is 4.74. The van der Waals surface area contributed by atoms with E-state index in [4.69, 9.17) is 11.6 Å². The van der Waals surface area contributed by atoms with E-state index in [-0.39, 0.29) is 18.2 Å². The minimum Gasteiger partial charge on any atom is -0.332 e. The van der Waals surface area contributed by atoms with Gasteiger partial charge in [-0.05, 0) is 36.4 Å². The smallest absolute Gasteiger partial charge is 0.332 e. The lowest BCUT2D eigenvalue weighted by Crippen LogP contribution is -2.29. The van der Waals surface area contributed by atoms with Crippen LogP contribution in [0.1, 0.15) is 11.4 Å². The second-order valence-corrected chi connectivity index (χ2v) is 6.76. The summed E-state index contributed by atoms with van der Waals surface area (Å²) < 4.78 is 40.5. The van der Waals surface area contributed by atoms with E-state index in [9.17, 15) is 18.0 Å². The van der Waals surface area contributed by atoms with Gasteiger partial charge in [-0.1, -0.05) is 29.8 Å². The molecule has 2 heterocycles. The maximum Gasteiger partial charge on any atom is 0.435 e. The number of hydrogen-bond donors (Lipinski definition) is 3. The molecule has 7 nitrogen and oxygen atoms in total. The van der Waals surface area contributed by atoms with Crippen LogP contribution < -0.4 is 10.6 Å². The third kappa shape index (κ3) is 4.23. The van der Waals surface area contributed by atoms with Gasteiger partial charge in [0.05, 0.1) is 29.0 Å². The Hall–Kier alpha value is -3.53. The number of aromatic nitrogens is 4. The SMILES string of the molecule is O=C(NCc1cc(C(F)(F)F)nn1-c1cccc(Cl)c1)Nc1nc2ccccc2[nH]1. The first-order chi connectivity index (χ1) is 14.3. The molecule has 0 radical (unpaired) electrons. The zero-order chi connectivity index (χ0) is 21.3. The molecule has 2 amide bonds. The van der Waals surface area contributed by atoms with Crippen LogP contribution in [0.15, 0.2) is 54.6 Å². The number of amides is 2. The van der Waals surface area contributed by atoms with Gasteiger partial charge in [-0.25, -0.2) is 14.5 Å². The van der Waals surface area contributed by atoms with Gasteiger partial charge in [-0.15, -0.1) is 0 Å². The molecule has 4 aromatic rings. The molecule has 0 aliphatic rings. The van der Waals surface area contributed by atoms with Crippen molar-refractivity contribution in [3.8, 4) is 5.69 Å². The Bertz CT molecular complexity index is 1180. The first kappa shape index (κ1) is 19.8. The molecular formula is C19H14ClF3N6O. The van der Waals surface area contributed by atoms with Crippen LogP contribution in [0.2, 0.25) is 5.02 Å². The molecule has 0 aliphatic carbocycles. The average Bonchev–Trinajstić information content (AvgIpc) is 3.29. The normalized spacial score (nSPS) is 11.6. The number of fused-ring (bicyclic) bond motifs is 1. The van der Waals surface area contributed by atoms with E-state index in [0.717, 1.165) is 16.3 Å². The Morgan fingerprint density at radius 2 is 1.93 bits per heavy atom. The Labute approximate surface area is 172 Å². The summed E-state index contributed by atoms with van der Waals surface area (Å²) in [6.45, 7) is -0.207. The zero-order valence-corrected chi connectivity index (χ0v) is 15.9. The van der Waals surface area contributed by atoms with E-state index < -0.39 is 17.9 Å². The highest BCUT2D eigenvalue weighted by Gasteiger charge is 2.35. The van der Waals surface area contributed by atoms with Crippen LogP contribution in [0.5, 0.6) is 0 Å². The summed E-state index contributed by atoms with van der Waals surface area (Å²) in [5.41, 5.74) is 0.803. The molecule has 154 valence electrons. The quantitative estimate of drug-likeness (QED) is 0.433. The van der Waals surface area contributed by atoms with Crippen LogP contribution in [-0.2, 0) is 12.7 Å². The van der Waals surface area contributed by atoms with Gasteiger partial charge >= 0.3 is 12.2 Å². The first-order valence-electron chi connectivity index (χ1n) is 8.71. The fourth-order valence-electron chi connectivity index (χ4n) is 2.85. The Kier molecular flexibility index (Phi) is 5.08. The van der Waals surface area contributed by atoms with E-state index in [0.29, 0.717) is 16.2 Å². The van der Waals surface area contributed by atoms with Crippen molar-refractivity contribution in [2.75, 3.05) is 5.32 Å². The molecule has 0 atom stereocenters. The number of carbonyl (C=O) groups excluding carboxylic acids is 1. The molecule has 0 aliphatic heterocycles. The van der Waals surface area contributed by atoms with Crippen molar-refractivity contribution in [3.63, 3.8) is 0 Å². The van der Waals surface area contributed by atoms with E-state index in [1.54, 1.807) is 30.3 Å². The lowest BCUT2D eigenvalue weighted by molar-refractivity contribution is -0.141. The van der Waals surface area contributed by atoms with Crippen molar-refractivity contribution in [1.29, 1.82) is 0 Å². The van der Waals surface area contributed by atoms with Crippen molar-refractivity contribution in [2.45, 2.75) is 12.7 Å². The molecule has 2 aromatic heterocycles. The third-order valence-corrected chi connectivity index (χ3v) is 4.41. The Morgan fingerprint density at radius 3 is 2.67 bits per heavy atom. The van der Waals surface area contributed by atoms with Gasteiger partial charge in [-0.3, -0.25) is 5.32 Å². The fraction of sp³-hybridized carbons (Fsp3) is 0.105. The highest BCUT2D eigenvalue weighted by atomic mass is 35.5. The maximum absolute atomic E-state index is 13.1. The highest BCUT2D eigenvalue weighted by molar-refractivity contribution is 6.30. The molecular weight excluding hydrogens is 421 g/mol. The zero-order valence-electron chi connectivity index (χ0n) is 15.2. The van der Waals surface area contributed by atoms with Crippen LogP contribution in [-0.4, -0.2) is 25.8 Å². The van der Waals surface area contributed by atoms with E-state index >= 15 is 0 Å². The Morgan fingerprint density at radius 1 is 1.13 bits per heavy atom. The molecule has 11 heteroatoms. The molecule has 0 unspecified atom stereocenters. The fourth-order valence-corrected chi connectivity index (χ4v) is 3.03. The summed E-state index contributed by atoms with van der Waals surface area (Å²) in [5.74, 6) is 0.216. The van der Waals surface area contributed by atoms with Crippen molar-refractivity contribution in [2.24, 2.45) is 0 Å². The number of hydrogen-bond acceptors (Lipinski definition) is 3. The number of alkyl halides is 3. The topological polar surface area (TPSA) is 87.6 Å². The van der Waals surface area contributed by atoms with Crippen LogP contribution in [0, 0.1) is 0 Å². The minimum atomic E-state index is -4.63. The monoisotopic (exact) mass is 434 g/mol. The highest BCUT2D eigenvalue weighted by Crippen LogP contribution is 2.30. The number of nitrogens with zero attached hydrogens (tertiary/aromatic N) is 3. The molecule has 2 aromatic carbocycles. The largest absolute Gasteiger partial charge is 0.435 e. The molecule has 0 fully saturated rings. The molecule has 0 spiro atoms.